The fraction of sp³-hybridized carbons (Fsp3) is 0.143. The van der Waals surface area contributed by atoms with Crippen LogP contribution in [0.4, 0.5) is 5.69 Å². The van der Waals surface area contributed by atoms with Crippen molar-refractivity contribution in [1.29, 1.82) is 0 Å². The molecule has 1 amide bonds. The molecule has 0 aliphatic carbocycles. The van der Waals surface area contributed by atoms with E-state index >= 15 is 0 Å². The molecule has 7 nitrogen and oxygen atoms in total. The molecule has 1 aromatic heterocycles. The molecule has 1 aromatic carbocycles. The number of carbonyl (C=O) groups excluding carboxylic acids is 1. The molecule has 0 bridgehead atoms. The van der Waals surface area contributed by atoms with Crippen LogP contribution in [-0.4, -0.2) is 25.6 Å². The van der Waals surface area contributed by atoms with Gasteiger partial charge < -0.3 is 0 Å². The van der Waals surface area contributed by atoms with Crippen molar-refractivity contribution in [3.8, 4) is 0 Å². The first-order valence-corrected chi connectivity index (χ1v) is 9.19. The normalized spacial score (nSPS) is 11.3. The Bertz CT molecular complexity index is 809. The standard InChI is InChI=1S/C14H15BrN4O3S/c1-23(21,22)18-9-12-6-5-10(8-17-12)14(20)19(16)13-4-2-3-11(15)7-13/h2-8,18H,9,16H2,1H3. The fourth-order valence-corrected chi connectivity index (χ4v) is 2.54. The predicted octanol–water partition coefficient (Wildman–Crippen LogP) is 1.41. The van der Waals surface area contributed by atoms with E-state index in [1.807, 2.05) is 6.07 Å². The van der Waals surface area contributed by atoms with Gasteiger partial charge in [-0.2, -0.15) is 0 Å². The molecule has 2 aromatic rings. The Morgan fingerprint density at radius 3 is 2.65 bits per heavy atom. The molecule has 0 unspecified atom stereocenters. The molecule has 0 fully saturated rings. The third-order valence-electron chi connectivity index (χ3n) is 2.89. The van der Waals surface area contributed by atoms with Crippen molar-refractivity contribution in [3.63, 3.8) is 0 Å². The number of nitrogens with one attached hydrogen (secondary N) is 1. The summed E-state index contributed by atoms with van der Waals surface area (Å²) in [5, 5.41) is 1.02. The largest absolute Gasteiger partial charge is 0.274 e. The molecular formula is C14H15BrN4O3S. The lowest BCUT2D eigenvalue weighted by atomic mass is 10.2. The monoisotopic (exact) mass is 398 g/mol. The van der Waals surface area contributed by atoms with Gasteiger partial charge in [0, 0.05) is 10.7 Å². The number of halogens is 1. The molecular weight excluding hydrogens is 384 g/mol. The van der Waals surface area contributed by atoms with E-state index in [2.05, 4.69) is 25.6 Å². The Hall–Kier alpha value is -1.81. The predicted molar refractivity (Wildman–Crippen MR) is 91.1 cm³/mol. The highest BCUT2D eigenvalue weighted by Gasteiger charge is 2.15. The molecule has 1 heterocycles. The van der Waals surface area contributed by atoms with Crippen LogP contribution in [-0.2, 0) is 16.6 Å². The van der Waals surface area contributed by atoms with Crippen LogP contribution in [0.1, 0.15) is 16.1 Å². The number of benzene rings is 1. The number of nitrogens with two attached hydrogens (primary N) is 1. The van der Waals surface area contributed by atoms with Crippen molar-refractivity contribution in [1.82, 2.24) is 9.71 Å². The van der Waals surface area contributed by atoms with Gasteiger partial charge >= 0.3 is 0 Å². The number of hydrazine groups is 1. The summed E-state index contributed by atoms with van der Waals surface area (Å²) in [6, 6.07) is 10.1. The van der Waals surface area contributed by atoms with Gasteiger partial charge in [0.1, 0.15) is 0 Å². The van der Waals surface area contributed by atoms with Crippen molar-refractivity contribution >= 4 is 37.5 Å². The van der Waals surface area contributed by atoms with E-state index in [0.29, 0.717) is 16.9 Å². The first-order valence-electron chi connectivity index (χ1n) is 6.50. The zero-order chi connectivity index (χ0) is 17.0. The summed E-state index contributed by atoms with van der Waals surface area (Å²) in [4.78, 5) is 16.4. The SMILES string of the molecule is CS(=O)(=O)NCc1ccc(C(=O)N(N)c2cccc(Br)c2)cn1. The molecule has 0 saturated heterocycles. The third kappa shape index (κ3) is 5.10. The molecule has 2 rings (SSSR count). The van der Waals surface area contributed by atoms with Crippen LogP contribution < -0.4 is 15.6 Å². The van der Waals surface area contributed by atoms with Crippen molar-refractivity contribution in [2.45, 2.75) is 6.54 Å². The number of anilines is 1. The number of amides is 1. The third-order valence-corrected chi connectivity index (χ3v) is 4.05. The molecule has 0 saturated carbocycles. The number of hydrogen-bond donors (Lipinski definition) is 2. The second-order valence-electron chi connectivity index (χ2n) is 4.79. The molecule has 0 aliphatic rings. The van der Waals surface area contributed by atoms with Gasteiger partial charge in [0.2, 0.25) is 10.0 Å². The lowest BCUT2D eigenvalue weighted by Crippen LogP contribution is -2.37. The number of sulfonamides is 1. The Balaban J connectivity index is 2.11. The topological polar surface area (TPSA) is 105 Å². The van der Waals surface area contributed by atoms with E-state index in [0.717, 1.165) is 15.7 Å². The van der Waals surface area contributed by atoms with E-state index < -0.39 is 15.9 Å². The minimum atomic E-state index is -3.29. The molecule has 0 radical (unpaired) electrons. The number of pyridine rings is 1. The molecule has 0 spiro atoms. The molecule has 9 heteroatoms. The Morgan fingerprint density at radius 2 is 2.09 bits per heavy atom. The first-order chi connectivity index (χ1) is 10.8. The van der Waals surface area contributed by atoms with Gasteiger partial charge in [-0.15, -0.1) is 0 Å². The van der Waals surface area contributed by atoms with E-state index in [1.165, 1.54) is 6.20 Å². The fourth-order valence-electron chi connectivity index (χ4n) is 1.74. The Labute approximate surface area is 142 Å². The van der Waals surface area contributed by atoms with Crippen LogP contribution in [0.25, 0.3) is 0 Å². The molecule has 0 atom stereocenters. The van der Waals surface area contributed by atoms with Gasteiger partial charge in [0.25, 0.3) is 5.91 Å². The van der Waals surface area contributed by atoms with Gasteiger partial charge in [-0.3, -0.25) is 9.78 Å². The maximum atomic E-state index is 12.3. The zero-order valence-corrected chi connectivity index (χ0v) is 14.6. The average Bonchev–Trinajstić information content (AvgIpc) is 2.51. The van der Waals surface area contributed by atoms with Gasteiger partial charge in [-0.25, -0.2) is 24.0 Å². The van der Waals surface area contributed by atoms with Crippen LogP contribution >= 0.6 is 15.9 Å². The van der Waals surface area contributed by atoms with Gasteiger partial charge in [0.15, 0.2) is 0 Å². The van der Waals surface area contributed by atoms with E-state index in [-0.39, 0.29) is 6.54 Å². The lowest BCUT2D eigenvalue weighted by molar-refractivity contribution is 0.0986. The molecule has 23 heavy (non-hydrogen) atoms. The highest BCUT2D eigenvalue weighted by atomic mass is 79.9. The maximum Gasteiger partial charge on any atom is 0.274 e. The van der Waals surface area contributed by atoms with Gasteiger partial charge in [0.05, 0.1) is 29.7 Å². The van der Waals surface area contributed by atoms with Crippen molar-refractivity contribution in [2.24, 2.45) is 5.84 Å². The van der Waals surface area contributed by atoms with E-state index in [9.17, 15) is 13.2 Å². The highest BCUT2D eigenvalue weighted by molar-refractivity contribution is 9.10. The average molecular weight is 399 g/mol. The van der Waals surface area contributed by atoms with Crippen LogP contribution in [0, 0.1) is 0 Å². The number of rotatable bonds is 5. The number of hydrogen-bond acceptors (Lipinski definition) is 5. The Kier molecular flexibility index (Phi) is 5.47. The van der Waals surface area contributed by atoms with Crippen molar-refractivity contribution < 1.29 is 13.2 Å². The summed E-state index contributed by atoms with van der Waals surface area (Å²) in [5.74, 6) is 5.42. The van der Waals surface area contributed by atoms with Crippen LogP contribution in [0.5, 0.6) is 0 Å². The highest BCUT2D eigenvalue weighted by Crippen LogP contribution is 2.19. The number of carbonyl (C=O) groups is 1. The second kappa shape index (κ2) is 7.18. The zero-order valence-electron chi connectivity index (χ0n) is 12.2. The molecule has 122 valence electrons. The van der Waals surface area contributed by atoms with Crippen molar-refractivity contribution in [3.05, 3.63) is 58.3 Å². The summed E-state index contributed by atoms with van der Waals surface area (Å²) in [6.07, 6.45) is 2.43. The lowest BCUT2D eigenvalue weighted by Gasteiger charge is -2.17. The number of aromatic nitrogens is 1. The quantitative estimate of drug-likeness (QED) is 0.449. The second-order valence-corrected chi connectivity index (χ2v) is 7.54. The number of nitrogens with zero attached hydrogens (tertiary/aromatic N) is 2. The van der Waals surface area contributed by atoms with Crippen LogP contribution in [0.2, 0.25) is 0 Å². The van der Waals surface area contributed by atoms with E-state index in [4.69, 9.17) is 5.84 Å². The van der Waals surface area contributed by atoms with Crippen molar-refractivity contribution in [2.75, 3.05) is 11.3 Å². The van der Waals surface area contributed by atoms with Gasteiger partial charge in [-0.05, 0) is 30.3 Å². The minimum Gasteiger partial charge on any atom is -0.267 e. The van der Waals surface area contributed by atoms with Crippen LogP contribution in [0.15, 0.2) is 47.1 Å². The summed E-state index contributed by atoms with van der Waals surface area (Å²) in [7, 11) is -3.29. The minimum absolute atomic E-state index is 0.0608. The maximum absolute atomic E-state index is 12.3. The summed E-state index contributed by atoms with van der Waals surface area (Å²) < 4.78 is 25.2. The van der Waals surface area contributed by atoms with Gasteiger partial charge in [-0.1, -0.05) is 22.0 Å². The van der Waals surface area contributed by atoms with Crippen LogP contribution in [0.3, 0.4) is 0 Å². The van der Waals surface area contributed by atoms with E-state index in [1.54, 1.807) is 30.3 Å². The Morgan fingerprint density at radius 1 is 1.35 bits per heavy atom. The molecule has 3 N–H and O–H groups in total. The summed E-state index contributed by atoms with van der Waals surface area (Å²) in [6.45, 7) is 0.0608. The first kappa shape index (κ1) is 17.5. The smallest absolute Gasteiger partial charge is 0.267 e. The molecule has 0 aliphatic heterocycles. The summed E-state index contributed by atoms with van der Waals surface area (Å²) in [5.41, 5.74) is 1.33. The summed E-state index contributed by atoms with van der Waals surface area (Å²) >= 11 is 3.32.